The van der Waals surface area contributed by atoms with Gasteiger partial charge >= 0.3 is 6.18 Å². The minimum Gasteiger partial charge on any atom is -0.338 e. The third-order valence-electron chi connectivity index (χ3n) is 4.80. The predicted octanol–water partition coefficient (Wildman–Crippen LogP) is 3.24. The van der Waals surface area contributed by atoms with Gasteiger partial charge in [-0.3, -0.25) is 4.99 Å². The van der Waals surface area contributed by atoms with Crippen LogP contribution >= 0.6 is 0 Å². The molecule has 0 unspecified atom stereocenters. The number of rotatable bonds is 4. The van der Waals surface area contributed by atoms with Crippen LogP contribution in [0.5, 0.6) is 0 Å². The van der Waals surface area contributed by atoms with Gasteiger partial charge in [-0.1, -0.05) is 18.2 Å². The van der Waals surface area contributed by atoms with E-state index in [1.807, 2.05) is 17.9 Å². The second-order valence-electron chi connectivity index (χ2n) is 7.33. The zero-order valence-electron chi connectivity index (χ0n) is 16.9. The van der Waals surface area contributed by atoms with Gasteiger partial charge in [0.25, 0.3) is 0 Å². The lowest BCUT2D eigenvalue weighted by atomic mass is 10.1. The number of amidine groups is 1. The molecule has 31 heavy (non-hydrogen) atoms. The molecule has 2 aliphatic heterocycles. The van der Waals surface area contributed by atoms with Gasteiger partial charge in [-0.15, -0.1) is 0 Å². The first kappa shape index (κ1) is 21.0. The molecule has 7 nitrogen and oxygen atoms in total. The molecular weight excluding hydrogens is 407 g/mol. The van der Waals surface area contributed by atoms with Crippen molar-refractivity contribution in [2.24, 2.45) is 4.99 Å². The van der Waals surface area contributed by atoms with Gasteiger partial charge in [0.1, 0.15) is 5.84 Å². The van der Waals surface area contributed by atoms with E-state index in [4.69, 9.17) is 0 Å². The molecule has 4 rings (SSSR count). The first-order valence-electron chi connectivity index (χ1n) is 9.92. The summed E-state index contributed by atoms with van der Waals surface area (Å²) in [6.07, 6.45) is 0.683. The van der Waals surface area contributed by atoms with Crippen LogP contribution in [0.25, 0.3) is 12.2 Å². The molecule has 2 N–H and O–H groups in total. The highest BCUT2D eigenvalue weighted by atomic mass is 19.4. The van der Waals surface area contributed by atoms with Crippen molar-refractivity contribution in [2.45, 2.75) is 13.1 Å². The van der Waals surface area contributed by atoms with Crippen LogP contribution in [0.15, 0.2) is 40.9 Å². The lowest BCUT2D eigenvalue weighted by Crippen LogP contribution is -2.44. The van der Waals surface area contributed by atoms with Gasteiger partial charge in [-0.05, 0) is 42.3 Å². The summed E-state index contributed by atoms with van der Waals surface area (Å²) in [5, 5.41) is 6.38. The minimum absolute atomic E-state index is 0.344. The maximum atomic E-state index is 13.0. The Morgan fingerprint density at radius 2 is 1.90 bits per heavy atom. The van der Waals surface area contributed by atoms with Gasteiger partial charge in [0, 0.05) is 26.2 Å². The smallest absolute Gasteiger partial charge is 0.338 e. The average molecular weight is 429 g/mol. The van der Waals surface area contributed by atoms with E-state index in [1.165, 1.54) is 6.07 Å². The quantitative estimate of drug-likeness (QED) is 0.777. The molecule has 162 valence electrons. The summed E-state index contributed by atoms with van der Waals surface area (Å²) < 4.78 is 38.9. The second-order valence-corrected chi connectivity index (χ2v) is 7.33. The van der Waals surface area contributed by atoms with Gasteiger partial charge in [-0.25, -0.2) is 0 Å². The Balaban J connectivity index is 1.62. The maximum absolute atomic E-state index is 13.0. The highest BCUT2D eigenvalue weighted by Gasteiger charge is 2.30. The number of alkyl halides is 3. The van der Waals surface area contributed by atoms with E-state index < -0.39 is 11.7 Å². The fraction of sp³-hybridized carbons (Fsp3) is 0.333. The van der Waals surface area contributed by atoms with Gasteiger partial charge in [0.2, 0.25) is 11.9 Å². The second kappa shape index (κ2) is 8.84. The van der Waals surface area contributed by atoms with Gasteiger partial charge < -0.3 is 15.5 Å². The normalized spacial score (nSPS) is 17.1. The van der Waals surface area contributed by atoms with Crippen molar-refractivity contribution in [1.29, 1.82) is 0 Å². The van der Waals surface area contributed by atoms with Crippen molar-refractivity contribution >= 4 is 29.9 Å². The maximum Gasteiger partial charge on any atom is 0.416 e. The standard InChI is InChI=1S/C21H22F3N7/c1-14-11-18(26-13-14)28-19-27-17(29-20(30-19)31-9-7-25-8-10-31)6-5-15-3-2-4-16(12-15)21(22,23)24/h2-6,11-12,25H,7-10,13H2,1H3,(H,26,27,28,29,30)/b6-5+. The third-order valence-corrected chi connectivity index (χ3v) is 4.80. The first-order chi connectivity index (χ1) is 14.9. The summed E-state index contributed by atoms with van der Waals surface area (Å²) >= 11 is 0. The lowest BCUT2D eigenvalue weighted by molar-refractivity contribution is -0.137. The zero-order chi connectivity index (χ0) is 21.8. The Morgan fingerprint density at radius 3 is 2.61 bits per heavy atom. The van der Waals surface area contributed by atoms with Crippen molar-refractivity contribution in [2.75, 3.05) is 42.9 Å². The number of aromatic nitrogens is 3. The highest BCUT2D eigenvalue weighted by Crippen LogP contribution is 2.29. The number of piperazine rings is 1. The van der Waals surface area contributed by atoms with Crippen molar-refractivity contribution in [3.8, 4) is 0 Å². The molecule has 2 aliphatic rings. The molecule has 0 bridgehead atoms. The van der Waals surface area contributed by atoms with Crippen molar-refractivity contribution in [1.82, 2.24) is 20.3 Å². The number of nitrogens with zero attached hydrogens (tertiary/aromatic N) is 5. The zero-order valence-corrected chi connectivity index (χ0v) is 16.9. The number of benzene rings is 1. The van der Waals surface area contributed by atoms with Crippen LogP contribution in [0.2, 0.25) is 0 Å². The topological polar surface area (TPSA) is 78.3 Å². The third kappa shape index (κ3) is 5.46. The van der Waals surface area contributed by atoms with E-state index in [-0.39, 0.29) is 0 Å². The van der Waals surface area contributed by atoms with Crippen LogP contribution in [-0.2, 0) is 6.18 Å². The molecule has 2 aromatic rings. The van der Waals surface area contributed by atoms with Gasteiger partial charge in [-0.2, -0.15) is 28.1 Å². The molecule has 10 heteroatoms. The summed E-state index contributed by atoms with van der Waals surface area (Å²) in [6, 6.07) is 5.11. The predicted molar refractivity (Wildman–Crippen MR) is 115 cm³/mol. The average Bonchev–Trinajstić information content (AvgIpc) is 3.17. The first-order valence-corrected chi connectivity index (χ1v) is 9.92. The Hall–Kier alpha value is -3.27. The molecule has 1 saturated heterocycles. The molecule has 0 atom stereocenters. The van der Waals surface area contributed by atoms with E-state index in [9.17, 15) is 13.2 Å². The minimum atomic E-state index is -4.39. The van der Waals surface area contributed by atoms with Crippen LogP contribution in [0.3, 0.4) is 0 Å². The molecule has 0 saturated carbocycles. The van der Waals surface area contributed by atoms with Crippen molar-refractivity contribution in [3.63, 3.8) is 0 Å². The Bertz CT molecular complexity index is 1040. The van der Waals surface area contributed by atoms with E-state index in [2.05, 4.69) is 30.6 Å². The number of hydrogen-bond donors (Lipinski definition) is 2. The highest BCUT2D eigenvalue weighted by molar-refractivity contribution is 6.04. The van der Waals surface area contributed by atoms with Crippen LogP contribution in [0.1, 0.15) is 23.9 Å². The van der Waals surface area contributed by atoms with Crippen LogP contribution in [-0.4, -0.2) is 53.5 Å². The lowest BCUT2D eigenvalue weighted by Gasteiger charge is -2.27. The van der Waals surface area contributed by atoms with Crippen molar-refractivity contribution < 1.29 is 13.2 Å². The Labute approximate surface area is 177 Å². The van der Waals surface area contributed by atoms with E-state index in [1.54, 1.807) is 18.2 Å². The Kier molecular flexibility index (Phi) is 5.99. The number of nitrogens with one attached hydrogen (secondary N) is 2. The Morgan fingerprint density at radius 1 is 1.10 bits per heavy atom. The molecule has 0 spiro atoms. The number of aliphatic imine (C=N–C) groups is 1. The molecule has 0 aliphatic carbocycles. The number of hydrogen-bond acceptors (Lipinski definition) is 7. The monoisotopic (exact) mass is 429 g/mol. The summed E-state index contributed by atoms with van der Waals surface area (Å²) in [5.74, 6) is 1.88. The summed E-state index contributed by atoms with van der Waals surface area (Å²) in [4.78, 5) is 19.9. The largest absolute Gasteiger partial charge is 0.416 e. The molecule has 1 aromatic carbocycles. The number of halogens is 3. The van der Waals surface area contributed by atoms with E-state index >= 15 is 0 Å². The summed E-state index contributed by atoms with van der Waals surface area (Å²) in [5.41, 5.74) is 0.839. The molecule has 1 aromatic heterocycles. The molecule has 0 radical (unpaired) electrons. The fourth-order valence-corrected chi connectivity index (χ4v) is 3.23. The molecule has 0 amide bonds. The SMILES string of the molecule is CC1=CC(Nc2nc(/C=C/c3cccc(C(F)(F)F)c3)nc(N3CCNCC3)n2)=NC1. The number of anilines is 2. The summed E-state index contributed by atoms with van der Waals surface area (Å²) in [6.45, 7) is 5.75. The van der Waals surface area contributed by atoms with Crippen LogP contribution < -0.4 is 15.5 Å². The van der Waals surface area contributed by atoms with Crippen molar-refractivity contribution in [3.05, 3.63) is 52.9 Å². The summed E-state index contributed by atoms with van der Waals surface area (Å²) in [7, 11) is 0. The van der Waals surface area contributed by atoms with Crippen LogP contribution in [0.4, 0.5) is 25.1 Å². The van der Waals surface area contributed by atoms with Gasteiger partial charge in [0.05, 0.1) is 12.1 Å². The van der Waals surface area contributed by atoms with E-state index in [0.29, 0.717) is 35.7 Å². The molecule has 3 heterocycles. The molecular formula is C21H22F3N7. The fourth-order valence-electron chi connectivity index (χ4n) is 3.23. The van der Waals surface area contributed by atoms with Gasteiger partial charge in [0.15, 0.2) is 5.82 Å². The molecule has 1 fully saturated rings. The van der Waals surface area contributed by atoms with Crippen LogP contribution in [0, 0.1) is 0 Å². The van der Waals surface area contributed by atoms with E-state index in [0.717, 1.165) is 43.9 Å².